The van der Waals surface area contributed by atoms with Crippen LogP contribution in [0.25, 0.3) is 17.2 Å². The van der Waals surface area contributed by atoms with Gasteiger partial charge in [-0.1, -0.05) is 0 Å². The Kier molecular flexibility index (Phi) is 2.01. The molecule has 0 bridgehead atoms. The van der Waals surface area contributed by atoms with Crippen LogP contribution in [0.3, 0.4) is 0 Å². The second-order valence-corrected chi connectivity index (χ2v) is 3.61. The Morgan fingerprint density at radius 3 is 2.65 bits per heavy atom. The molecule has 6 heteroatoms. The Morgan fingerprint density at radius 1 is 1.12 bits per heavy atom. The van der Waals surface area contributed by atoms with Crippen molar-refractivity contribution in [2.45, 2.75) is 0 Å². The zero-order valence-corrected chi connectivity index (χ0v) is 9.11. The van der Waals surface area contributed by atoms with Crippen LogP contribution in [0.15, 0.2) is 41.6 Å². The zero-order chi connectivity index (χ0) is 11.8. The minimum absolute atomic E-state index is 0.288. The normalized spacial score (nSPS) is 10.9. The molecule has 3 aromatic rings. The maximum Gasteiger partial charge on any atom is 0.274 e. The van der Waals surface area contributed by atoms with E-state index >= 15 is 0 Å². The maximum atomic E-state index is 11.2. The van der Waals surface area contributed by atoms with E-state index in [1.807, 2.05) is 23.9 Å². The van der Waals surface area contributed by atoms with E-state index in [0.29, 0.717) is 5.78 Å². The Morgan fingerprint density at radius 2 is 1.88 bits per heavy atom. The predicted octanol–water partition coefficient (Wildman–Crippen LogP) is 0.490. The smallest absolute Gasteiger partial charge is 0.267 e. The molecule has 3 heterocycles. The summed E-state index contributed by atoms with van der Waals surface area (Å²) in [6, 6.07) is 5.13. The van der Waals surface area contributed by atoms with Gasteiger partial charge in [-0.2, -0.15) is 9.97 Å². The number of fused-ring (bicyclic) bond motifs is 1. The highest BCUT2D eigenvalue weighted by Crippen LogP contribution is 2.15. The molecule has 0 amide bonds. The van der Waals surface area contributed by atoms with E-state index in [1.54, 1.807) is 23.1 Å². The van der Waals surface area contributed by atoms with Crippen molar-refractivity contribution in [2.24, 2.45) is 7.05 Å². The Labute approximate surface area is 96.2 Å². The first-order valence-electron chi connectivity index (χ1n) is 5.08. The molecule has 0 radical (unpaired) electrons. The largest absolute Gasteiger partial charge is 0.274 e. The second-order valence-electron chi connectivity index (χ2n) is 3.61. The quantitative estimate of drug-likeness (QED) is 0.607. The van der Waals surface area contributed by atoms with Crippen molar-refractivity contribution in [3.8, 4) is 11.4 Å². The second kappa shape index (κ2) is 3.51. The number of hydrogen-bond acceptors (Lipinski definition) is 4. The average Bonchev–Trinajstić information content (AvgIpc) is 2.67. The molecule has 0 saturated heterocycles. The molecule has 0 saturated carbocycles. The van der Waals surface area contributed by atoms with Crippen LogP contribution >= 0.6 is 0 Å². The lowest BCUT2D eigenvalue weighted by molar-refractivity contribution is 0.703. The lowest BCUT2D eigenvalue weighted by Gasteiger charge is -2.01. The molecule has 0 aliphatic rings. The van der Waals surface area contributed by atoms with Crippen molar-refractivity contribution in [3.63, 3.8) is 0 Å². The monoisotopic (exact) mass is 227 g/mol. The van der Waals surface area contributed by atoms with Gasteiger partial charge in [-0.05, 0) is 12.1 Å². The third-order valence-corrected chi connectivity index (χ3v) is 2.55. The molecule has 6 nitrogen and oxygen atoms in total. The van der Waals surface area contributed by atoms with Crippen molar-refractivity contribution in [2.75, 3.05) is 0 Å². The van der Waals surface area contributed by atoms with Gasteiger partial charge in [-0.15, -0.1) is 0 Å². The molecule has 3 aromatic heterocycles. The van der Waals surface area contributed by atoms with Crippen LogP contribution in [0.1, 0.15) is 0 Å². The number of rotatable bonds is 1. The first-order valence-corrected chi connectivity index (χ1v) is 5.08. The van der Waals surface area contributed by atoms with E-state index in [-0.39, 0.29) is 5.56 Å². The number of aromatic nitrogens is 5. The van der Waals surface area contributed by atoms with Gasteiger partial charge in [-0.25, -0.2) is 4.52 Å². The highest BCUT2D eigenvalue weighted by Gasteiger charge is 2.09. The third kappa shape index (κ3) is 1.50. The average molecular weight is 227 g/mol. The number of pyridine rings is 1. The minimum atomic E-state index is -0.288. The van der Waals surface area contributed by atoms with Crippen LogP contribution in [0.4, 0.5) is 0 Å². The van der Waals surface area contributed by atoms with Gasteiger partial charge >= 0.3 is 0 Å². The summed E-state index contributed by atoms with van der Waals surface area (Å²) >= 11 is 0. The lowest BCUT2D eigenvalue weighted by Crippen LogP contribution is -2.09. The van der Waals surface area contributed by atoms with E-state index in [2.05, 4.69) is 15.0 Å². The van der Waals surface area contributed by atoms with E-state index in [9.17, 15) is 4.79 Å². The molecule has 0 aliphatic heterocycles. The van der Waals surface area contributed by atoms with Gasteiger partial charge in [0, 0.05) is 37.3 Å². The first kappa shape index (κ1) is 9.71. The van der Waals surface area contributed by atoms with Crippen molar-refractivity contribution < 1.29 is 0 Å². The molecule has 84 valence electrons. The number of aryl methyl sites for hydroxylation is 1. The van der Waals surface area contributed by atoms with Crippen molar-refractivity contribution >= 4 is 5.78 Å². The van der Waals surface area contributed by atoms with Crippen molar-refractivity contribution in [3.05, 3.63) is 47.1 Å². The molecular weight excluding hydrogens is 218 g/mol. The Bertz CT molecular complexity index is 728. The van der Waals surface area contributed by atoms with E-state index in [1.165, 1.54) is 6.07 Å². The molecule has 3 rings (SSSR count). The van der Waals surface area contributed by atoms with Crippen LogP contribution in [-0.4, -0.2) is 24.1 Å². The zero-order valence-electron chi connectivity index (χ0n) is 9.11. The van der Waals surface area contributed by atoms with Gasteiger partial charge in [-0.3, -0.25) is 14.5 Å². The topological polar surface area (TPSA) is 65.1 Å². The minimum Gasteiger partial charge on any atom is -0.267 e. The number of hydrogen-bond donors (Lipinski definition) is 0. The first-order chi connectivity index (χ1) is 8.25. The standard InChI is InChI=1S/C11H9N5O/c1-15-10(8-2-5-12-6-3-8)14-11-13-9(17)4-7-16(11)15/h2-7H,1H3. The summed E-state index contributed by atoms with van der Waals surface area (Å²) in [7, 11) is 1.86. The van der Waals surface area contributed by atoms with Crippen LogP contribution in [0, 0.1) is 0 Å². The van der Waals surface area contributed by atoms with Gasteiger partial charge in [0.05, 0.1) is 0 Å². The molecule has 17 heavy (non-hydrogen) atoms. The molecule has 0 fully saturated rings. The maximum absolute atomic E-state index is 11.2. The molecule has 0 atom stereocenters. The summed E-state index contributed by atoms with van der Waals surface area (Å²) in [4.78, 5) is 23.3. The Balaban J connectivity index is 2.32. The van der Waals surface area contributed by atoms with Gasteiger partial charge in [0.25, 0.3) is 11.3 Å². The van der Waals surface area contributed by atoms with Crippen LogP contribution in [-0.2, 0) is 7.05 Å². The summed E-state index contributed by atoms with van der Waals surface area (Å²) in [5.74, 6) is 1.14. The van der Waals surface area contributed by atoms with Crippen LogP contribution < -0.4 is 5.56 Å². The van der Waals surface area contributed by atoms with Gasteiger partial charge < -0.3 is 0 Å². The summed E-state index contributed by atoms with van der Waals surface area (Å²) < 4.78 is 3.55. The highest BCUT2D eigenvalue weighted by molar-refractivity contribution is 5.56. The predicted molar refractivity (Wildman–Crippen MR) is 61.5 cm³/mol. The number of nitrogens with zero attached hydrogens (tertiary/aromatic N) is 5. The Hall–Kier alpha value is -2.50. The fourth-order valence-corrected chi connectivity index (χ4v) is 1.72. The molecule has 0 aromatic carbocycles. The lowest BCUT2D eigenvalue weighted by atomic mass is 10.2. The third-order valence-electron chi connectivity index (χ3n) is 2.55. The van der Waals surface area contributed by atoms with E-state index < -0.39 is 0 Å². The molecular formula is C11H9N5O. The summed E-state index contributed by atoms with van der Waals surface area (Å²) in [5.41, 5.74) is 0.643. The van der Waals surface area contributed by atoms with Gasteiger partial charge in [0.2, 0.25) is 0 Å². The fraction of sp³-hybridized carbons (Fsp3) is 0.0909. The van der Waals surface area contributed by atoms with Crippen molar-refractivity contribution in [1.82, 2.24) is 24.1 Å². The van der Waals surface area contributed by atoms with Crippen LogP contribution in [0.2, 0.25) is 0 Å². The van der Waals surface area contributed by atoms with Gasteiger partial charge in [0.15, 0.2) is 5.82 Å². The van der Waals surface area contributed by atoms with Gasteiger partial charge in [0.1, 0.15) is 0 Å². The fourth-order valence-electron chi connectivity index (χ4n) is 1.72. The summed E-state index contributed by atoms with van der Waals surface area (Å²) in [6.07, 6.45) is 5.06. The van der Waals surface area contributed by atoms with E-state index in [4.69, 9.17) is 0 Å². The SMILES string of the molecule is Cn1c(-c2ccncc2)nc2nc(=O)ccn21. The molecule has 0 aliphatic carbocycles. The van der Waals surface area contributed by atoms with Crippen LogP contribution in [0.5, 0.6) is 0 Å². The molecule has 0 unspecified atom stereocenters. The van der Waals surface area contributed by atoms with Crippen molar-refractivity contribution in [1.29, 1.82) is 0 Å². The summed E-state index contributed by atoms with van der Waals surface area (Å²) in [5, 5.41) is 0. The molecule has 0 spiro atoms. The molecule has 0 N–H and O–H groups in total. The highest BCUT2D eigenvalue weighted by atomic mass is 16.1. The summed E-state index contributed by atoms with van der Waals surface area (Å²) in [6.45, 7) is 0. The van der Waals surface area contributed by atoms with E-state index in [0.717, 1.165) is 11.4 Å².